The highest BCUT2D eigenvalue weighted by molar-refractivity contribution is 7.80. The van der Waals surface area contributed by atoms with Gasteiger partial charge in [0.1, 0.15) is 10.8 Å². The molecule has 2 aromatic rings. The molecule has 10 heteroatoms. The number of allylic oxidation sites excluding steroid dienone is 1. The lowest BCUT2D eigenvalue weighted by atomic mass is 9.91. The van der Waals surface area contributed by atoms with Crippen molar-refractivity contribution in [1.82, 2.24) is 19.7 Å². The first-order valence-electron chi connectivity index (χ1n) is 11.4. The van der Waals surface area contributed by atoms with Crippen LogP contribution in [0.5, 0.6) is 0 Å². The number of aryl methyl sites for hydroxylation is 1. The largest absolute Gasteiger partial charge is 0.402 e. The second-order valence-corrected chi connectivity index (χ2v) is 9.83. The van der Waals surface area contributed by atoms with Gasteiger partial charge in [0.05, 0.1) is 0 Å². The smallest absolute Gasteiger partial charge is 0.242 e. The van der Waals surface area contributed by atoms with E-state index in [0.29, 0.717) is 47.8 Å². The van der Waals surface area contributed by atoms with E-state index < -0.39 is 17.5 Å². The molecule has 2 fully saturated rings. The number of benzene rings is 1. The minimum absolute atomic E-state index is 0.246. The average Bonchev–Trinajstić information content (AvgIpc) is 3.27. The number of nitrogens with zero attached hydrogens (tertiary/aromatic N) is 4. The van der Waals surface area contributed by atoms with Gasteiger partial charge in [-0.2, -0.15) is 4.98 Å². The van der Waals surface area contributed by atoms with Crippen LogP contribution in [0.1, 0.15) is 49.9 Å². The minimum Gasteiger partial charge on any atom is -0.402 e. The maximum absolute atomic E-state index is 13.8. The Balaban J connectivity index is 1.34. The Morgan fingerprint density at radius 2 is 1.82 bits per heavy atom. The van der Waals surface area contributed by atoms with Crippen LogP contribution in [0.4, 0.5) is 19.1 Å². The maximum Gasteiger partial charge on any atom is 0.242 e. The lowest BCUT2D eigenvalue weighted by Gasteiger charge is -2.39. The van der Waals surface area contributed by atoms with Gasteiger partial charge in [0.15, 0.2) is 17.5 Å². The molecule has 0 amide bonds. The number of hydrogen-bond donors (Lipinski definition) is 2. The third-order valence-electron chi connectivity index (χ3n) is 7.08. The summed E-state index contributed by atoms with van der Waals surface area (Å²) in [6.07, 6.45) is 5.54. The molecule has 4 atom stereocenters. The van der Waals surface area contributed by atoms with Crippen molar-refractivity contribution in [2.45, 2.75) is 51.1 Å². The Morgan fingerprint density at radius 3 is 2.45 bits per heavy atom. The number of rotatable bonds is 4. The molecule has 1 saturated carbocycles. The zero-order valence-corrected chi connectivity index (χ0v) is 19.2. The Labute approximate surface area is 196 Å². The first kappa shape index (κ1) is 22.2. The Morgan fingerprint density at radius 1 is 1.15 bits per heavy atom. The number of likely N-dealkylation sites (tertiary alicyclic amines) is 1. The molecule has 33 heavy (non-hydrogen) atoms. The lowest BCUT2D eigenvalue weighted by Crippen LogP contribution is -2.49. The van der Waals surface area contributed by atoms with Crippen molar-refractivity contribution in [3.8, 4) is 0 Å². The van der Waals surface area contributed by atoms with Crippen molar-refractivity contribution in [2.24, 2.45) is 17.6 Å². The Kier molecular flexibility index (Phi) is 5.80. The molecule has 0 radical (unpaired) electrons. The number of fused-ring (bicyclic) bond motifs is 3. The highest BCUT2D eigenvalue weighted by Gasteiger charge is 2.43. The van der Waals surface area contributed by atoms with Crippen LogP contribution in [0.25, 0.3) is 0 Å². The van der Waals surface area contributed by atoms with Crippen molar-refractivity contribution >= 4 is 23.2 Å². The summed E-state index contributed by atoms with van der Waals surface area (Å²) >= 11 is 5.54. The summed E-state index contributed by atoms with van der Waals surface area (Å²) in [5.41, 5.74) is 6.89. The summed E-state index contributed by atoms with van der Waals surface area (Å²) in [5, 5.41) is 8.18. The van der Waals surface area contributed by atoms with Crippen molar-refractivity contribution in [1.29, 1.82) is 0 Å². The van der Waals surface area contributed by atoms with E-state index in [1.807, 2.05) is 13.0 Å². The van der Waals surface area contributed by atoms with E-state index in [1.165, 1.54) is 0 Å². The number of aromatic nitrogens is 3. The molecule has 1 aromatic heterocycles. The number of piperidine rings is 1. The second kappa shape index (κ2) is 8.62. The molecule has 2 aliphatic heterocycles. The normalized spacial score (nSPS) is 26.9. The van der Waals surface area contributed by atoms with E-state index in [4.69, 9.17) is 22.9 Å². The summed E-state index contributed by atoms with van der Waals surface area (Å²) in [7, 11) is 0. The number of anilines is 1. The summed E-state index contributed by atoms with van der Waals surface area (Å²) in [6, 6.07) is 2.38. The molecular formula is C23H27F3N6S. The fraction of sp³-hybridized carbons (Fsp3) is 0.522. The molecule has 3 aliphatic rings. The van der Waals surface area contributed by atoms with Gasteiger partial charge >= 0.3 is 0 Å². The van der Waals surface area contributed by atoms with Gasteiger partial charge in [-0.25, -0.2) is 17.9 Å². The summed E-state index contributed by atoms with van der Waals surface area (Å²) in [5.74, 6) is -2.10. The quantitative estimate of drug-likeness (QED) is 0.396. The van der Waals surface area contributed by atoms with E-state index >= 15 is 0 Å². The topological polar surface area (TPSA) is 72.0 Å². The van der Waals surface area contributed by atoms with Crippen LogP contribution < -0.4 is 11.1 Å². The second-order valence-electron chi connectivity index (χ2n) is 9.41. The standard InChI is InChI=1S/C23H27F3N6S/c1-12(27)7-19(33)31-10-13-4-5-14(11-31)21(13)28-23-29-22-16(3-2-6-32(22)30-23)15-8-17(24)20(26)18(25)9-15/h7-9,13-14,16,21H,2-6,10-11,27H2,1H3,(H,28,30)/t13-,14?,16?,21?/m0/s1. The zero-order valence-electron chi connectivity index (χ0n) is 18.4. The van der Waals surface area contributed by atoms with Crippen LogP contribution in [0, 0.1) is 29.3 Å². The molecule has 3 heterocycles. The van der Waals surface area contributed by atoms with Crippen LogP contribution in [0.15, 0.2) is 23.9 Å². The lowest BCUT2D eigenvalue weighted by molar-refractivity contribution is 0.234. The van der Waals surface area contributed by atoms with Gasteiger partial charge in [0.2, 0.25) is 5.95 Å². The molecule has 176 valence electrons. The van der Waals surface area contributed by atoms with Gasteiger partial charge in [-0.3, -0.25) is 0 Å². The minimum atomic E-state index is -1.45. The monoisotopic (exact) mass is 476 g/mol. The summed E-state index contributed by atoms with van der Waals surface area (Å²) in [6.45, 7) is 4.25. The van der Waals surface area contributed by atoms with E-state index in [0.717, 1.165) is 49.5 Å². The maximum atomic E-state index is 13.8. The van der Waals surface area contributed by atoms with Crippen LogP contribution in [-0.4, -0.2) is 43.8 Å². The van der Waals surface area contributed by atoms with Crippen LogP contribution in [-0.2, 0) is 6.54 Å². The SMILES string of the molecule is CC(N)=CC(=S)N1CC2CC[C@@H](C1)C2Nc1nc2n(n1)CCCC2c1cc(F)c(F)c(F)c1. The van der Waals surface area contributed by atoms with Crippen molar-refractivity contribution < 1.29 is 13.2 Å². The molecule has 1 saturated heterocycles. The Hall–Kier alpha value is -2.62. The van der Waals surface area contributed by atoms with Crippen LogP contribution in [0.2, 0.25) is 0 Å². The van der Waals surface area contributed by atoms with Crippen LogP contribution >= 0.6 is 12.2 Å². The first-order chi connectivity index (χ1) is 15.8. The number of thiocarbonyl (C=S) groups is 1. The molecular weight excluding hydrogens is 449 g/mol. The fourth-order valence-corrected chi connectivity index (χ4v) is 5.91. The van der Waals surface area contributed by atoms with Gasteiger partial charge < -0.3 is 16.0 Å². The van der Waals surface area contributed by atoms with Gasteiger partial charge in [-0.15, -0.1) is 5.10 Å². The molecule has 1 aromatic carbocycles. The third kappa shape index (κ3) is 4.20. The first-order valence-corrected chi connectivity index (χ1v) is 11.8. The number of halogens is 3. The van der Waals surface area contributed by atoms with E-state index in [-0.39, 0.29) is 12.0 Å². The fourth-order valence-electron chi connectivity index (χ4n) is 5.58. The number of hydrogen-bond acceptors (Lipinski definition) is 5. The van der Waals surface area contributed by atoms with Crippen molar-refractivity contribution in [3.63, 3.8) is 0 Å². The molecule has 5 rings (SSSR count). The number of nitrogens with one attached hydrogen (secondary N) is 1. The molecule has 3 N–H and O–H groups in total. The zero-order chi connectivity index (χ0) is 23.3. The molecule has 0 spiro atoms. The van der Waals surface area contributed by atoms with E-state index in [9.17, 15) is 13.2 Å². The molecule has 6 nitrogen and oxygen atoms in total. The van der Waals surface area contributed by atoms with Gasteiger partial charge in [0, 0.05) is 37.3 Å². The highest BCUT2D eigenvalue weighted by Crippen LogP contribution is 2.39. The predicted octanol–water partition coefficient (Wildman–Crippen LogP) is 3.93. The highest BCUT2D eigenvalue weighted by atomic mass is 32.1. The third-order valence-corrected chi connectivity index (χ3v) is 7.45. The Bertz CT molecular complexity index is 1070. The van der Waals surface area contributed by atoms with Crippen molar-refractivity contribution in [2.75, 3.05) is 18.4 Å². The van der Waals surface area contributed by atoms with E-state index in [1.54, 1.807) is 4.68 Å². The van der Waals surface area contributed by atoms with Crippen molar-refractivity contribution in [3.05, 3.63) is 52.7 Å². The van der Waals surface area contributed by atoms with Gasteiger partial charge in [-0.05, 0) is 68.2 Å². The predicted molar refractivity (Wildman–Crippen MR) is 123 cm³/mol. The molecule has 1 aliphatic carbocycles. The molecule has 2 bridgehead atoms. The van der Waals surface area contributed by atoms with Crippen LogP contribution in [0.3, 0.4) is 0 Å². The van der Waals surface area contributed by atoms with E-state index in [2.05, 4.69) is 15.3 Å². The van der Waals surface area contributed by atoms with Gasteiger partial charge in [-0.1, -0.05) is 12.2 Å². The summed E-state index contributed by atoms with van der Waals surface area (Å²) < 4.78 is 42.9. The van der Waals surface area contributed by atoms with Gasteiger partial charge in [0.25, 0.3) is 0 Å². The average molecular weight is 477 g/mol. The number of nitrogens with two attached hydrogens (primary N) is 1. The summed E-state index contributed by atoms with van der Waals surface area (Å²) in [4.78, 5) is 7.72. The molecule has 3 unspecified atom stereocenters.